The molecule has 2 aromatic carbocycles. The minimum absolute atomic E-state index is 0.193. The molecule has 5 heteroatoms. The molecule has 0 radical (unpaired) electrons. The molecule has 0 fully saturated rings. The third kappa shape index (κ3) is 4.81. The van der Waals surface area contributed by atoms with Gasteiger partial charge in [-0.15, -0.1) is 0 Å². The van der Waals surface area contributed by atoms with E-state index in [0.29, 0.717) is 18.8 Å². The van der Waals surface area contributed by atoms with Gasteiger partial charge in [0.2, 0.25) is 0 Å². The second kappa shape index (κ2) is 8.31. The van der Waals surface area contributed by atoms with E-state index in [-0.39, 0.29) is 5.91 Å². The summed E-state index contributed by atoms with van der Waals surface area (Å²) in [5.41, 5.74) is 3.28. The Kier molecular flexibility index (Phi) is 5.65. The normalized spacial score (nSPS) is 10.3. The number of hydrogen-bond acceptors (Lipinski definition) is 3. The Labute approximate surface area is 151 Å². The summed E-state index contributed by atoms with van der Waals surface area (Å²) in [7, 11) is 0. The number of carbonyl (C=O) groups excluding carboxylic acids is 1. The lowest BCUT2D eigenvalue weighted by Gasteiger charge is -2.09. The molecule has 126 valence electrons. The topological polar surface area (TPSA) is 54.0 Å². The molecule has 3 rings (SSSR count). The molecule has 0 spiro atoms. The van der Waals surface area contributed by atoms with Crippen LogP contribution in [0.3, 0.4) is 0 Å². The molecule has 4 nitrogen and oxygen atoms in total. The predicted molar refractivity (Wildman–Crippen MR) is 101 cm³/mol. The van der Waals surface area contributed by atoms with Crippen LogP contribution >= 0.6 is 11.6 Å². The van der Waals surface area contributed by atoms with Crippen LogP contribution in [0.5, 0.6) is 0 Å². The number of rotatable bonds is 6. The Morgan fingerprint density at radius 1 is 0.920 bits per heavy atom. The van der Waals surface area contributed by atoms with Crippen molar-refractivity contribution in [2.24, 2.45) is 0 Å². The molecule has 1 amide bonds. The smallest absolute Gasteiger partial charge is 0.270 e. The molecule has 3 aromatic rings. The zero-order chi connectivity index (χ0) is 17.5. The first-order chi connectivity index (χ1) is 12.2. The van der Waals surface area contributed by atoms with Gasteiger partial charge in [-0.2, -0.15) is 0 Å². The van der Waals surface area contributed by atoms with E-state index in [1.165, 1.54) is 0 Å². The SMILES string of the molecule is O=C(NCc1ccccc1)c1ccc(NCc2ccccc2Cl)cn1. The summed E-state index contributed by atoms with van der Waals surface area (Å²) in [6, 6.07) is 21.0. The van der Waals surface area contributed by atoms with Gasteiger partial charge in [0, 0.05) is 18.1 Å². The van der Waals surface area contributed by atoms with E-state index in [2.05, 4.69) is 15.6 Å². The maximum atomic E-state index is 12.1. The molecule has 0 bridgehead atoms. The molecular weight excluding hydrogens is 334 g/mol. The molecule has 0 saturated carbocycles. The number of nitrogens with zero attached hydrogens (tertiary/aromatic N) is 1. The zero-order valence-corrected chi connectivity index (χ0v) is 14.3. The van der Waals surface area contributed by atoms with Crippen LogP contribution in [0.15, 0.2) is 72.9 Å². The number of carbonyl (C=O) groups is 1. The van der Waals surface area contributed by atoms with Gasteiger partial charge in [0.15, 0.2) is 0 Å². The highest BCUT2D eigenvalue weighted by atomic mass is 35.5. The van der Waals surface area contributed by atoms with E-state index >= 15 is 0 Å². The van der Waals surface area contributed by atoms with Gasteiger partial charge in [-0.1, -0.05) is 60.1 Å². The lowest BCUT2D eigenvalue weighted by Crippen LogP contribution is -2.23. The first-order valence-electron chi connectivity index (χ1n) is 7.98. The van der Waals surface area contributed by atoms with Crippen LogP contribution in [-0.4, -0.2) is 10.9 Å². The second-order valence-corrected chi connectivity index (χ2v) is 5.95. The lowest BCUT2D eigenvalue weighted by atomic mass is 10.2. The molecule has 0 aliphatic carbocycles. The summed E-state index contributed by atoms with van der Waals surface area (Å²) in [5, 5.41) is 6.83. The Balaban J connectivity index is 1.54. The van der Waals surface area contributed by atoms with Gasteiger partial charge in [0.25, 0.3) is 5.91 Å². The Morgan fingerprint density at radius 2 is 1.68 bits per heavy atom. The summed E-state index contributed by atoms with van der Waals surface area (Å²) >= 11 is 6.13. The molecule has 2 N–H and O–H groups in total. The standard InChI is InChI=1S/C20H18ClN3O/c21-18-9-5-4-8-16(18)13-22-17-10-11-19(23-14-17)20(25)24-12-15-6-2-1-3-7-15/h1-11,14,22H,12-13H2,(H,24,25). The molecule has 0 unspecified atom stereocenters. The van der Waals surface area contributed by atoms with Gasteiger partial charge in [-0.05, 0) is 29.3 Å². The summed E-state index contributed by atoms with van der Waals surface area (Å²) < 4.78 is 0. The summed E-state index contributed by atoms with van der Waals surface area (Å²) in [6.45, 7) is 1.08. The van der Waals surface area contributed by atoms with E-state index < -0.39 is 0 Å². The monoisotopic (exact) mass is 351 g/mol. The van der Waals surface area contributed by atoms with Crippen LogP contribution in [0.1, 0.15) is 21.6 Å². The largest absolute Gasteiger partial charge is 0.380 e. The van der Waals surface area contributed by atoms with Crippen molar-refractivity contribution in [2.75, 3.05) is 5.32 Å². The van der Waals surface area contributed by atoms with Crippen LogP contribution in [0.4, 0.5) is 5.69 Å². The maximum Gasteiger partial charge on any atom is 0.270 e. The van der Waals surface area contributed by atoms with Crippen LogP contribution < -0.4 is 10.6 Å². The van der Waals surface area contributed by atoms with Gasteiger partial charge in [0.1, 0.15) is 5.69 Å². The summed E-state index contributed by atoms with van der Waals surface area (Å²) in [4.78, 5) is 16.4. The Morgan fingerprint density at radius 3 is 2.40 bits per heavy atom. The fourth-order valence-electron chi connectivity index (χ4n) is 2.34. The van der Waals surface area contributed by atoms with Gasteiger partial charge >= 0.3 is 0 Å². The van der Waals surface area contributed by atoms with Crippen molar-refractivity contribution in [3.63, 3.8) is 0 Å². The lowest BCUT2D eigenvalue weighted by molar-refractivity contribution is 0.0946. The number of hydrogen-bond donors (Lipinski definition) is 2. The number of nitrogens with one attached hydrogen (secondary N) is 2. The van der Waals surface area contributed by atoms with Crippen LogP contribution in [0, 0.1) is 0 Å². The van der Waals surface area contributed by atoms with Gasteiger partial charge in [0.05, 0.1) is 11.9 Å². The highest BCUT2D eigenvalue weighted by Gasteiger charge is 2.07. The van der Waals surface area contributed by atoms with E-state index in [4.69, 9.17) is 11.6 Å². The van der Waals surface area contributed by atoms with Crippen LogP contribution in [-0.2, 0) is 13.1 Å². The van der Waals surface area contributed by atoms with Crippen LogP contribution in [0.25, 0.3) is 0 Å². The van der Waals surface area contributed by atoms with Gasteiger partial charge < -0.3 is 10.6 Å². The zero-order valence-electron chi connectivity index (χ0n) is 13.6. The van der Waals surface area contributed by atoms with Gasteiger partial charge in [-0.3, -0.25) is 4.79 Å². The minimum Gasteiger partial charge on any atom is -0.380 e. The Bertz CT molecular complexity index is 835. The number of halogens is 1. The number of anilines is 1. The number of pyridine rings is 1. The number of aromatic nitrogens is 1. The van der Waals surface area contributed by atoms with Crippen molar-refractivity contribution in [3.05, 3.63) is 94.8 Å². The number of benzene rings is 2. The fourth-order valence-corrected chi connectivity index (χ4v) is 2.54. The van der Waals surface area contributed by atoms with E-state index in [1.54, 1.807) is 12.3 Å². The molecule has 0 atom stereocenters. The molecule has 0 aliphatic heterocycles. The van der Waals surface area contributed by atoms with Crippen LogP contribution in [0.2, 0.25) is 5.02 Å². The van der Waals surface area contributed by atoms with E-state index in [1.807, 2.05) is 60.7 Å². The Hall–Kier alpha value is -2.85. The highest BCUT2D eigenvalue weighted by molar-refractivity contribution is 6.31. The van der Waals surface area contributed by atoms with E-state index in [9.17, 15) is 4.79 Å². The average Bonchev–Trinajstić information content (AvgIpc) is 2.67. The average molecular weight is 352 g/mol. The molecule has 0 aliphatic rings. The third-order valence-electron chi connectivity index (χ3n) is 3.73. The first-order valence-corrected chi connectivity index (χ1v) is 8.35. The van der Waals surface area contributed by atoms with Crippen molar-refractivity contribution in [1.29, 1.82) is 0 Å². The fraction of sp³-hybridized carbons (Fsp3) is 0.100. The first kappa shape index (κ1) is 17.0. The number of amides is 1. The maximum absolute atomic E-state index is 12.1. The summed E-state index contributed by atoms with van der Waals surface area (Å²) in [6.07, 6.45) is 1.65. The third-order valence-corrected chi connectivity index (χ3v) is 4.10. The molecule has 0 saturated heterocycles. The quantitative estimate of drug-likeness (QED) is 0.697. The second-order valence-electron chi connectivity index (χ2n) is 5.55. The summed E-state index contributed by atoms with van der Waals surface area (Å²) in [5.74, 6) is -0.193. The van der Waals surface area contributed by atoms with Crippen molar-refractivity contribution >= 4 is 23.2 Å². The van der Waals surface area contributed by atoms with Gasteiger partial charge in [-0.25, -0.2) is 4.98 Å². The minimum atomic E-state index is -0.193. The highest BCUT2D eigenvalue weighted by Crippen LogP contribution is 2.16. The molecule has 1 aromatic heterocycles. The molecular formula is C20H18ClN3O. The van der Waals surface area contributed by atoms with Crippen molar-refractivity contribution in [1.82, 2.24) is 10.3 Å². The predicted octanol–water partition coefficient (Wildman–Crippen LogP) is 4.28. The molecule has 1 heterocycles. The van der Waals surface area contributed by atoms with E-state index in [0.717, 1.165) is 21.8 Å². The van der Waals surface area contributed by atoms with Crippen molar-refractivity contribution < 1.29 is 4.79 Å². The van der Waals surface area contributed by atoms with Crippen molar-refractivity contribution in [2.45, 2.75) is 13.1 Å². The van der Waals surface area contributed by atoms with Crippen molar-refractivity contribution in [3.8, 4) is 0 Å². The molecule has 25 heavy (non-hydrogen) atoms.